The van der Waals surface area contributed by atoms with Crippen LogP contribution in [0.4, 0.5) is 25.8 Å². The van der Waals surface area contributed by atoms with Crippen LogP contribution in [-0.2, 0) is 0 Å². The monoisotopic (exact) mass is 424 g/mol. The van der Waals surface area contributed by atoms with Crippen molar-refractivity contribution in [2.75, 3.05) is 11.1 Å². The fraction of sp³-hybridized carbons (Fsp3) is 0. The van der Waals surface area contributed by atoms with Gasteiger partial charge in [0.1, 0.15) is 11.6 Å². The van der Waals surface area contributed by atoms with E-state index < -0.39 is 11.6 Å². The lowest BCUT2D eigenvalue weighted by atomic mass is 10.2. The number of hydrogen-bond donors (Lipinski definition) is 2. The standard InChI is InChI=1S/C12H8BrF2IN2/c13-7-4-9(15)12(5-8(7)14)18-11-2-1-6(16)3-10(11)17/h1-5,18H,17H2. The van der Waals surface area contributed by atoms with E-state index in [0.29, 0.717) is 11.4 Å². The van der Waals surface area contributed by atoms with Gasteiger partial charge in [-0.2, -0.15) is 0 Å². The number of anilines is 3. The Morgan fingerprint density at radius 1 is 1.06 bits per heavy atom. The van der Waals surface area contributed by atoms with Crippen molar-refractivity contribution in [1.29, 1.82) is 0 Å². The van der Waals surface area contributed by atoms with Gasteiger partial charge in [0.2, 0.25) is 0 Å². The molecule has 0 aliphatic rings. The third-order valence-electron chi connectivity index (χ3n) is 2.29. The molecule has 0 atom stereocenters. The van der Waals surface area contributed by atoms with Crippen molar-refractivity contribution in [2.24, 2.45) is 0 Å². The van der Waals surface area contributed by atoms with Crippen LogP contribution in [0.15, 0.2) is 34.8 Å². The molecule has 0 aromatic heterocycles. The highest BCUT2D eigenvalue weighted by molar-refractivity contribution is 14.1. The molecule has 0 amide bonds. The number of rotatable bonds is 2. The molecule has 3 N–H and O–H groups in total. The number of nitrogen functional groups attached to an aromatic ring is 1. The van der Waals surface area contributed by atoms with E-state index in [2.05, 4.69) is 43.8 Å². The third kappa shape index (κ3) is 2.92. The van der Waals surface area contributed by atoms with Crippen LogP contribution in [0.25, 0.3) is 0 Å². The number of benzene rings is 2. The first-order chi connectivity index (χ1) is 8.47. The van der Waals surface area contributed by atoms with Crippen molar-refractivity contribution in [2.45, 2.75) is 0 Å². The third-order valence-corrected chi connectivity index (χ3v) is 3.57. The maximum atomic E-state index is 13.6. The minimum atomic E-state index is -0.554. The molecular weight excluding hydrogens is 417 g/mol. The molecule has 0 bridgehead atoms. The molecular formula is C12H8BrF2IN2. The summed E-state index contributed by atoms with van der Waals surface area (Å²) in [5.41, 5.74) is 6.85. The summed E-state index contributed by atoms with van der Waals surface area (Å²) in [6.07, 6.45) is 0. The lowest BCUT2D eigenvalue weighted by Gasteiger charge is -2.11. The molecule has 0 spiro atoms. The van der Waals surface area contributed by atoms with Gasteiger partial charge in [0, 0.05) is 9.64 Å². The van der Waals surface area contributed by atoms with Gasteiger partial charge < -0.3 is 11.1 Å². The van der Waals surface area contributed by atoms with Crippen molar-refractivity contribution >= 4 is 55.6 Å². The molecule has 0 radical (unpaired) electrons. The summed E-state index contributed by atoms with van der Waals surface area (Å²) in [5, 5.41) is 2.77. The van der Waals surface area contributed by atoms with Crippen LogP contribution >= 0.6 is 38.5 Å². The van der Waals surface area contributed by atoms with E-state index >= 15 is 0 Å². The van der Waals surface area contributed by atoms with E-state index in [-0.39, 0.29) is 10.2 Å². The quantitative estimate of drug-likeness (QED) is 0.418. The molecule has 6 heteroatoms. The second kappa shape index (κ2) is 5.40. The van der Waals surface area contributed by atoms with Crippen molar-refractivity contribution in [3.63, 3.8) is 0 Å². The Morgan fingerprint density at radius 2 is 1.78 bits per heavy atom. The molecule has 0 fully saturated rings. The van der Waals surface area contributed by atoms with Gasteiger partial charge in [0.25, 0.3) is 0 Å². The Balaban J connectivity index is 2.37. The van der Waals surface area contributed by atoms with Crippen molar-refractivity contribution in [1.82, 2.24) is 0 Å². The minimum Gasteiger partial charge on any atom is -0.397 e. The normalized spacial score (nSPS) is 10.4. The molecule has 2 aromatic carbocycles. The molecule has 0 aliphatic carbocycles. The zero-order valence-corrected chi connectivity index (χ0v) is 12.7. The van der Waals surface area contributed by atoms with E-state index in [0.717, 1.165) is 15.7 Å². The number of hydrogen-bond acceptors (Lipinski definition) is 2. The molecule has 0 unspecified atom stereocenters. The average Bonchev–Trinajstić information content (AvgIpc) is 2.29. The van der Waals surface area contributed by atoms with Crippen molar-refractivity contribution in [3.05, 3.63) is 50.0 Å². The van der Waals surface area contributed by atoms with Gasteiger partial charge in [0.05, 0.1) is 21.5 Å². The van der Waals surface area contributed by atoms with Crippen LogP contribution in [-0.4, -0.2) is 0 Å². The summed E-state index contributed by atoms with van der Waals surface area (Å²) in [4.78, 5) is 0. The molecule has 0 heterocycles. The van der Waals surface area contributed by atoms with Gasteiger partial charge in [-0.25, -0.2) is 8.78 Å². The SMILES string of the molecule is Nc1cc(I)ccc1Nc1cc(F)c(Br)cc1F. The number of nitrogens with two attached hydrogens (primary N) is 1. The lowest BCUT2D eigenvalue weighted by Crippen LogP contribution is -1.99. The Hall–Kier alpha value is -0.890. The average molecular weight is 425 g/mol. The molecule has 2 rings (SSSR count). The van der Waals surface area contributed by atoms with Gasteiger partial charge in [0.15, 0.2) is 0 Å². The largest absolute Gasteiger partial charge is 0.397 e. The topological polar surface area (TPSA) is 38.0 Å². The van der Waals surface area contributed by atoms with Gasteiger partial charge in [-0.05, 0) is 62.8 Å². The minimum absolute atomic E-state index is 0.0450. The Morgan fingerprint density at radius 3 is 2.44 bits per heavy atom. The van der Waals surface area contributed by atoms with Crippen LogP contribution in [0.1, 0.15) is 0 Å². The first-order valence-electron chi connectivity index (χ1n) is 4.94. The maximum Gasteiger partial charge on any atom is 0.147 e. The van der Waals surface area contributed by atoms with Crippen LogP contribution < -0.4 is 11.1 Å². The second-order valence-corrected chi connectivity index (χ2v) is 5.70. The highest BCUT2D eigenvalue weighted by Crippen LogP contribution is 2.29. The van der Waals surface area contributed by atoms with Gasteiger partial charge >= 0.3 is 0 Å². The molecule has 18 heavy (non-hydrogen) atoms. The zero-order valence-electron chi connectivity index (χ0n) is 8.98. The van der Waals surface area contributed by atoms with E-state index in [1.54, 1.807) is 12.1 Å². The van der Waals surface area contributed by atoms with Crippen LogP contribution in [0.3, 0.4) is 0 Å². The predicted molar refractivity (Wildman–Crippen MR) is 80.9 cm³/mol. The first-order valence-corrected chi connectivity index (χ1v) is 6.81. The fourth-order valence-electron chi connectivity index (χ4n) is 1.41. The zero-order chi connectivity index (χ0) is 13.3. The summed E-state index contributed by atoms with van der Waals surface area (Å²) in [5.74, 6) is -1.09. The summed E-state index contributed by atoms with van der Waals surface area (Å²) in [7, 11) is 0. The fourth-order valence-corrected chi connectivity index (χ4v) is 2.24. The van der Waals surface area contributed by atoms with Gasteiger partial charge in [-0.1, -0.05) is 0 Å². The highest BCUT2D eigenvalue weighted by Gasteiger charge is 2.09. The van der Waals surface area contributed by atoms with Crippen molar-refractivity contribution < 1.29 is 8.78 Å². The second-order valence-electron chi connectivity index (χ2n) is 3.60. The smallest absolute Gasteiger partial charge is 0.147 e. The molecule has 2 aromatic rings. The van der Waals surface area contributed by atoms with Crippen LogP contribution in [0, 0.1) is 15.2 Å². The number of nitrogens with one attached hydrogen (secondary N) is 1. The summed E-state index contributed by atoms with van der Waals surface area (Å²) in [6.45, 7) is 0. The Labute approximate surface area is 125 Å². The Kier molecular flexibility index (Phi) is 4.06. The van der Waals surface area contributed by atoms with Gasteiger partial charge in [-0.15, -0.1) is 0 Å². The number of halogens is 4. The summed E-state index contributed by atoms with van der Waals surface area (Å²) in [6, 6.07) is 7.44. The van der Waals surface area contributed by atoms with Crippen LogP contribution in [0.2, 0.25) is 0 Å². The van der Waals surface area contributed by atoms with Gasteiger partial charge in [-0.3, -0.25) is 0 Å². The van der Waals surface area contributed by atoms with Crippen molar-refractivity contribution in [3.8, 4) is 0 Å². The lowest BCUT2D eigenvalue weighted by molar-refractivity contribution is 0.598. The molecule has 0 saturated heterocycles. The summed E-state index contributed by atoms with van der Waals surface area (Å²) >= 11 is 5.04. The van der Waals surface area contributed by atoms with E-state index in [1.165, 1.54) is 0 Å². The van der Waals surface area contributed by atoms with Crippen LogP contribution in [0.5, 0.6) is 0 Å². The molecule has 2 nitrogen and oxygen atoms in total. The van der Waals surface area contributed by atoms with E-state index in [4.69, 9.17) is 5.73 Å². The molecule has 0 saturated carbocycles. The highest BCUT2D eigenvalue weighted by atomic mass is 127. The van der Waals surface area contributed by atoms with E-state index in [9.17, 15) is 8.78 Å². The molecule has 0 aliphatic heterocycles. The Bertz CT molecular complexity index is 605. The predicted octanol–water partition coefficient (Wildman–Crippen LogP) is 4.66. The first kappa shape index (κ1) is 13.5. The summed E-state index contributed by atoms with van der Waals surface area (Å²) < 4.78 is 28.0. The molecule has 94 valence electrons. The maximum absolute atomic E-state index is 13.6. The van der Waals surface area contributed by atoms with E-state index in [1.807, 2.05) is 6.07 Å².